The molecule has 1 unspecified atom stereocenters. The van der Waals surface area contributed by atoms with Gasteiger partial charge in [0.25, 0.3) is 0 Å². The van der Waals surface area contributed by atoms with E-state index in [-0.39, 0.29) is 5.56 Å². The molecule has 0 fully saturated rings. The number of alkyl halides is 3. The van der Waals surface area contributed by atoms with Gasteiger partial charge in [-0.25, -0.2) is 0 Å². The van der Waals surface area contributed by atoms with Crippen molar-refractivity contribution >= 4 is 10.8 Å². The molecule has 0 aromatic heterocycles. The lowest BCUT2D eigenvalue weighted by molar-refractivity contribution is -0.137. The van der Waals surface area contributed by atoms with Crippen LogP contribution in [0.2, 0.25) is 0 Å². The Morgan fingerprint density at radius 1 is 1.09 bits per heavy atom. The van der Waals surface area contributed by atoms with Gasteiger partial charge in [0.05, 0.1) is 10.5 Å². The second-order valence-corrected chi connectivity index (χ2v) is 6.29. The number of para-hydroxylation sites is 1. The van der Waals surface area contributed by atoms with Crippen molar-refractivity contribution in [3.63, 3.8) is 0 Å². The monoisotopic (exact) mass is 328 g/mol. The van der Waals surface area contributed by atoms with E-state index in [1.165, 1.54) is 0 Å². The first-order chi connectivity index (χ1) is 10.4. The van der Waals surface area contributed by atoms with Crippen molar-refractivity contribution in [3.8, 4) is 5.75 Å². The highest BCUT2D eigenvalue weighted by Crippen LogP contribution is 2.38. The van der Waals surface area contributed by atoms with Crippen LogP contribution in [-0.2, 0) is 17.0 Å². The first-order valence-electron chi connectivity index (χ1n) is 6.39. The first-order valence-corrected chi connectivity index (χ1v) is 7.61. The summed E-state index contributed by atoms with van der Waals surface area (Å²) in [5.41, 5.74) is -1.62. The van der Waals surface area contributed by atoms with Gasteiger partial charge >= 0.3 is 6.18 Å². The molecule has 0 amide bonds. The third-order valence-electron chi connectivity index (χ3n) is 3.36. The van der Waals surface area contributed by atoms with Crippen molar-refractivity contribution in [1.82, 2.24) is 0 Å². The molecule has 0 radical (unpaired) electrons. The lowest BCUT2D eigenvalue weighted by atomic mass is 10.1. The van der Waals surface area contributed by atoms with E-state index in [0.29, 0.717) is 10.6 Å². The third kappa shape index (κ3) is 2.62. The summed E-state index contributed by atoms with van der Waals surface area (Å²) in [4.78, 5) is 0.471. The van der Waals surface area contributed by atoms with Gasteiger partial charge in [0.2, 0.25) is 5.44 Å². The summed E-state index contributed by atoms with van der Waals surface area (Å²) in [6.07, 6.45) is -5.72. The van der Waals surface area contributed by atoms with E-state index in [9.17, 15) is 22.5 Å². The smallest absolute Gasteiger partial charge is 0.416 e. The first kappa shape index (κ1) is 15.1. The van der Waals surface area contributed by atoms with Crippen molar-refractivity contribution in [2.75, 3.05) is 0 Å². The summed E-state index contributed by atoms with van der Waals surface area (Å²) in [5, 5.41) is 10.3. The molecule has 0 saturated carbocycles. The van der Waals surface area contributed by atoms with Gasteiger partial charge < -0.3 is 9.84 Å². The fourth-order valence-electron chi connectivity index (χ4n) is 2.22. The molecular formula is C15H11F3O3S. The summed E-state index contributed by atoms with van der Waals surface area (Å²) in [6.45, 7) is 0. The zero-order chi connectivity index (χ0) is 15.9. The van der Waals surface area contributed by atoms with Crippen molar-refractivity contribution < 1.29 is 27.2 Å². The van der Waals surface area contributed by atoms with E-state index >= 15 is 0 Å². The second kappa shape index (κ2) is 5.40. The Morgan fingerprint density at radius 3 is 2.32 bits per heavy atom. The van der Waals surface area contributed by atoms with Crippen LogP contribution >= 0.6 is 0 Å². The van der Waals surface area contributed by atoms with E-state index in [1.807, 2.05) is 0 Å². The van der Waals surface area contributed by atoms with Gasteiger partial charge in [0.15, 0.2) is 0 Å². The van der Waals surface area contributed by atoms with Crippen LogP contribution in [0.3, 0.4) is 0 Å². The van der Waals surface area contributed by atoms with E-state index in [2.05, 4.69) is 0 Å². The van der Waals surface area contributed by atoms with Crippen molar-refractivity contribution in [2.24, 2.45) is 0 Å². The van der Waals surface area contributed by atoms with Crippen LogP contribution in [0.4, 0.5) is 13.2 Å². The highest BCUT2D eigenvalue weighted by atomic mass is 32.2. The molecule has 0 saturated heterocycles. The van der Waals surface area contributed by atoms with Crippen LogP contribution in [-0.4, -0.2) is 14.8 Å². The average Bonchev–Trinajstić information content (AvgIpc) is 2.83. The standard InChI is InChI=1S/C15H11F3O3S/c16-15(17,18)10-7-5-9(6-8-10)13(19)14-21-11-3-1-2-4-12(11)22(14)20/h1-8,13-14,19H/t13-,14-,22?/m0/s1. The molecule has 3 rings (SSSR count). The van der Waals surface area contributed by atoms with Crippen molar-refractivity contribution in [3.05, 3.63) is 59.7 Å². The predicted octanol–water partition coefficient (Wildman–Crippen LogP) is 3.27. The highest BCUT2D eigenvalue weighted by Gasteiger charge is 2.37. The zero-order valence-corrected chi connectivity index (χ0v) is 11.9. The van der Waals surface area contributed by atoms with Crippen LogP contribution in [0.15, 0.2) is 53.4 Å². The summed E-state index contributed by atoms with van der Waals surface area (Å²) in [7, 11) is -1.58. The SMILES string of the molecule is O=S1c2ccccc2O[C@@H]1[C@@H](O)c1ccc(C(F)(F)F)cc1. The van der Waals surface area contributed by atoms with Gasteiger partial charge in [0, 0.05) is 0 Å². The number of hydrogen-bond acceptors (Lipinski definition) is 3. The number of benzene rings is 2. The molecule has 2 aromatic carbocycles. The molecule has 22 heavy (non-hydrogen) atoms. The minimum Gasteiger partial charge on any atom is -0.472 e. The number of aliphatic hydroxyl groups excluding tert-OH is 1. The van der Waals surface area contributed by atoms with Gasteiger partial charge in [-0.2, -0.15) is 13.2 Å². The number of fused-ring (bicyclic) bond motifs is 1. The quantitative estimate of drug-likeness (QED) is 0.920. The molecule has 0 bridgehead atoms. The Labute approximate surface area is 126 Å². The normalized spacial score (nSPS) is 22.0. The van der Waals surface area contributed by atoms with E-state index < -0.39 is 34.1 Å². The van der Waals surface area contributed by atoms with Gasteiger partial charge in [-0.05, 0) is 29.8 Å². The predicted molar refractivity (Wildman–Crippen MR) is 73.7 cm³/mol. The molecule has 1 N–H and O–H groups in total. The Hall–Kier alpha value is -1.86. The Morgan fingerprint density at radius 2 is 1.73 bits per heavy atom. The summed E-state index contributed by atoms with van der Waals surface area (Å²) >= 11 is 0. The van der Waals surface area contributed by atoms with Crippen molar-refractivity contribution in [1.29, 1.82) is 0 Å². The second-order valence-electron chi connectivity index (χ2n) is 4.79. The van der Waals surface area contributed by atoms with E-state index in [0.717, 1.165) is 24.3 Å². The van der Waals surface area contributed by atoms with Gasteiger partial charge in [-0.1, -0.05) is 24.3 Å². The Balaban J connectivity index is 1.84. The van der Waals surface area contributed by atoms with Crippen LogP contribution in [0.25, 0.3) is 0 Å². The van der Waals surface area contributed by atoms with Crippen molar-refractivity contribution in [2.45, 2.75) is 22.6 Å². The number of hydrogen-bond donors (Lipinski definition) is 1. The van der Waals surface area contributed by atoms with E-state index in [4.69, 9.17) is 4.74 Å². The highest BCUT2D eigenvalue weighted by molar-refractivity contribution is 7.86. The van der Waals surface area contributed by atoms with Gasteiger partial charge in [-0.3, -0.25) is 4.21 Å². The maximum Gasteiger partial charge on any atom is 0.416 e. The minimum atomic E-state index is -4.44. The van der Waals surface area contributed by atoms with Crippen LogP contribution < -0.4 is 4.74 Å². The topological polar surface area (TPSA) is 46.5 Å². The fraction of sp³-hybridized carbons (Fsp3) is 0.200. The average molecular weight is 328 g/mol. The number of rotatable bonds is 2. The Bertz CT molecular complexity index is 713. The molecule has 0 spiro atoms. The van der Waals surface area contributed by atoms with Crippen LogP contribution in [0, 0.1) is 0 Å². The lowest BCUT2D eigenvalue weighted by Crippen LogP contribution is -2.25. The molecule has 2 aromatic rings. The third-order valence-corrected chi connectivity index (χ3v) is 4.90. The van der Waals surface area contributed by atoms with Gasteiger partial charge in [-0.15, -0.1) is 0 Å². The number of aliphatic hydroxyl groups is 1. The molecule has 3 nitrogen and oxygen atoms in total. The lowest BCUT2D eigenvalue weighted by Gasteiger charge is -2.18. The minimum absolute atomic E-state index is 0.221. The molecule has 0 aliphatic carbocycles. The molecule has 1 aliphatic heterocycles. The summed E-state index contributed by atoms with van der Waals surface area (Å²) in [6, 6.07) is 10.8. The fourth-order valence-corrected chi connectivity index (χ4v) is 3.58. The van der Waals surface area contributed by atoms with Crippen LogP contribution in [0.5, 0.6) is 5.75 Å². The number of ether oxygens (including phenoxy) is 1. The molecule has 1 aliphatic rings. The molecule has 1 heterocycles. The summed E-state index contributed by atoms with van der Waals surface area (Å²) < 4.78 is 55.3. The molecule has 3 atom stereocenters. The largest absolute Gasteiger partial charge is 0.472 e. The number of halogens is 3. The Kier molecular flexibility index (Phi) is 3.70. The molecular weight excluding hydrogens is 317 g/mol. The maximum absolute atomic E-state index is 12.5. The van der Waals surface area contributed by atoms with Gasteiger partial charge in [0.1, 0.15) is 22.7 Å². The zero-order valence-electron chi connectivity index (χ0n) is 11.1. The molecule has 116 valence electrons. The van der Waals surface area contributed by atoms with E-state index in [1.54, 1.807) is 24.3 Å². The van der Waals surface area contributed by atoms with Crippen LogP contribution in [0.1, 0.15) is 17.2 Å². The summed E-state index contributed by atoms with van der Waals surface area (Å²) in [5.74, 6) is 0.414. The molecule has 7 heteroatoms. The maximum atomic E-state index is 12.5.